The number of tetrazole rings is 1. The van der Waals surface area contributed by atoms with Crippen molar-refractivity contribution in [2.45, 2.75) is 43.1 Å². The van der Waals surface area contributed by atoms with E-state index in [1.807, 2.05) is 32.0 Å². The van der Waals surface area contributed by atoms with Gasteiger partial charge in [0.2, 0.25) is 11.1 Å². The highest BCUT2D eigenvalue weighted by atomic mass is 32.2. The van der Waals surface area contributed by atoms with E-state index in [4.69, 9.17) is 0 Å². The summed E-state index contributed by atoms with van der Waals surface area (Å²) in [4.78, 5) is 12.2. The molecule has 0 saturated carbocycles. The van der Waals surface area contributed by atoms with Gasteiger partial charge in [0.25, 0.3) is 0 Å². The molecule has 2 rings (SSSR count). The van der Waals surface area contributed by atoms with Crippen LogP contribution >= 0.6 is 11.8 Å². The summed E-state index contributed by atoms with van der Waals surface area (Å²) >= 11 is 1.36. The lowest BCUT2D eigenvalue weighted by Crippen LogP contribution is -2.38. The molecular formula is C15H21N5OS. The van der Waals surface area contributed by atoms with E-state index < -0.39 is 0 Å². The molecule has 2 aromatic rings. The fourth-order valence-electron chi connectivity index (χ4n) is 1.99. The van der Waals surface area contributed by atoms with Crippen LogP contribution in [0.5, 0.6) is 0 Å². The van der Waals surface area contributed by atoms with Crippen LogP contribution in [0.1, 0.15) is 25.8 Å². The maximum atomic E-state index is 12.2. The van der Waals surface area contributed by atoms with E-state index in [0.717, 1.165) is 12.8 Å². The van der Waals surface area contributed by atoms with E-state index >= 15 is 0 Å². The summed E-state index contributed by atoms with van der Waals surface area (Å²) in [7, 11) is 1.76. The van der Waals surface area contributed by atoms with Crippen molar-refractivity contribution in [2.24, 2.45) is 7.05 Å². The monoisotopic (exact) mass is 319 g/mol. The smallest absolute Gasteiger partial charge is 0.233 e. The molecule has 1 aromatic carbocycles. The van der Waals surface area contributed by atoms with Crippen molar-refractivity contribution in [1.82, 2.24) is 25.5 Å². The van der Waals surface area contributed by atoms with E-state index in [1.165, 1.54) is 17.3 Å². The number of thioether (sulfide) groups is 1. The Morgan fingerprint density at radius 3 is 2.68 bits per heavy atom. The Morgan fingerprint density at radius 1 is 1.32 bits per heavy atom. The predicted molar refractivity (Wildman–Crippen MR) is 86.5 cm³/mol. The lowest BCUT2D eigenvalue weighted by molar-refractivity contribution is -0.120. The van der Waals surface area contributed by atoms with Gasteiger partial charge >= 0.3 is 0 Å². The van der Waals surface area contributed by atoms with Crippen LogP contribution in [-0.4, -0.2) is 37.4 Å². The summed E-state index contributed by atoms with van der Waals surface area (Å²) in [5.74, 6) is 0.00793. The number of nitrogens with one attached hydrogen (secondary N) is 1. The number of aryl methyl sites for hydroxylation is 2. The van der Waals surface area contributed by atoms with Crippen LogP contribution in [0, 0.1) is 0 Å². The summed E-state index contributed by atoms with van der Waals surface area (Å²) in [5.41, 5.74) is 1.29. The average molecular weight is 319 g/mol. The zero-order valence-corrected chi connectivity index (χ0v) is 13.9. The molecule has 1 amide bonds. The highest BCUT2D eigenvalue weighted by Crippen LogP contribution is 2.19. The molecule has 22 heavy (non-hydrogen) atoms. The van der Waals surface area contributed by atoms with Crippen LogP contribution < -0.4 is 5.32 Å². The fourth-order valence-corrected chi connectivity index (χ4v) is 2.76. The van der Waals surface area contributed by atoms with Crippen molar-refractivity contribution in [2.75, 3.05) is 0 Å². The number of hydrogen-bond acceptors (Lipinski definition) is 5. The van der Waals surface area contributed by atoms with Crippen molar-refractivity contribution in [3.05, 3.63) is 35.9 Å². The Bertz CT molecular complexity index is 601. The fraction of sp³-hybridized carbons (Fsp3) is 0.467. The van der Waals surface area contributed by atoms with E-state index in [2.05, 4.69) is 33.0 Å². The highest BCUT2D eigenvalue weighted by Gasteiger charge is 2.19. The van der Waals surface area contributed by atoms with Crippen molar-refractivity contribution in [3.8, 4) is 0 Å². The lowest BCUT2D eigenvalue weighted by Gasteiger charge is -2.17. The molecule has 0 aliphatic rings. The first kappa shape index (κ1) is 16.5. The second kappa shape index (κ2) is 7.93. The molecule has 0 bridgehead atoms. The van der Waals surface area contributed by atoms with Gasteiger partial charge in [-0.15, -0.1) is 5.10 Å². The molecule has 0 radical (unpaired) electrons. The van der Waals surface area contributed by atoms with Crippen molar-refractivity contribution < 1.29 is 4.79 Å². The maximum absolute atomic E-state index is 12.2. The van der Waals surface area contributed by atoms with Crippen LogP contribution in [0.4, 0.5) is 0 Å². The minimum absolute atomic E-state index is 0.00793. The summed E-state index contributed by atoms with van der Waals surface area (Å²) < 4.78 is 1.56. The zero-order valence-electron chi connectivity index (χ0n) is 13.1. The maximum Gasteiger partial charge on any atom is 0.233 e. The zero-order chi connectivity index (χ0) is 15.9. The van der Waals surface area contributed by atoms with Crippen molar-refractivity contribution in [3.63, 3.8) is 0 Å². The van der Waals surface area contributed by atoms with Crippen LogP contribution in [0.25, 0.3) is 0 Å². The minimum atomic E-state index is -0.233. The molecule has 7 heteroatoms. The van der Waals surface area contributed by atoms with Gasteiger partial charge < -0.3 is 5.32 Å². The largest absolute Gasteiger partial charge is 0.353 e. The Morgan fingerprint density at radius 2 is 2.05 bits per heavy atom. The summed E-state index contributed by atoms with van der Waals surface area (Å²) in [6, 6.07) is 10.4. The molecule has 118 valence electrons. The SMILES string of the molecule is C[C@H](CCc1ccccc1)NC(=O)[C@@H](C)Sc1nnnn1C. The van der Waals surface area contributed by atoms with E-state index in [1.54, 1.807) is 11.7 Å². The van der Waals surface area contributed by atoms with E-state index in [9.17, 15) is 4.79 Å². The van der Waals surface area contributed by atoms with E-state index in [-0.39, 0.29) is 17.2 Å². The van der Waals surface area contributed by atoms with Gasteiger partial charge in [-0.2, -0.15) is 0 Å². The molecule has 0 aliphatic carbocycles. The van der Waals surface area contributed by atoms with Gasteiger partial charge in [-0.1, -0.05) is 42.1 Å². The van der Waals surface area contributed by atoms with Gasteiger partial charge in [-0.3, -0.25) is 4.79 Å². The summed E-state index contributed by atoms with van der Waals surface area (Å²) in [6.45, 7) is 3.89. The molecule has 1 aromatic heterocycles. The van der Waals surface area contributed by atoms with E-state index in [0.29, 0.717) is 5.16 Å². The first-order valence-corrected chi connectivity index (χ1v) is 8.17. The number of nitrogens with zero attached hydrogens (tertiary/aromatic N) is 4. The Hall–Kier alpha value is -1.89. The quantitative estimate of drug-likeness (QED) is 0.788. The average Bonchev–Trinajstić information content (AvgIpc) is 2.91. The van der Waals surface area contributed by atoms with Crippen LogP contribution in [-0.2, 0) is 18.3 Å². The Balaban J connectivity index is 1.77. The topological polar surface area (TPSA) is 72.7 Å². The number of rotatable bonds is 7. The molecule has 0 fully saturated rings. The first-order valence-electron chi connectivity index (χ1n) is 7.29. The third-order valence-electron chi connectivity index (χ3n) is 3.33. The Kier molecular flexibility index (Phi) is 5.94. The van der Waals surface area contributed by atoms with Crippen LogP contribution in [0.3, 0.4) is 0 Å². The normalized spacial score (nSPS) is 13.6. The molecule has 2 atom stereocenters. The van der Waals surface area contributed by atoms with Gasteiger partial charge in [0.05, 0.1) is 5.25 Å². The minimum Gasteiger partial charge on any atom is -0.353 e. The molecule has 0 saturated heterocycles. The van der Waals surface area contributed by atoms with Gasteiger partial charge in [-0.25, -0.2) is 4.68 Å². The molecule has 1 N–H and O–H groups in total. The van der Waals surface area contributed by atoms with Gasteiger partial charge in [0.15, 0.2) is 0 Å². The molecule has 0 unspecified atom stereocenters. The highest BCUT2D eigenvalue weighted by molar-refractivity contribution is 8.00. The number of carbonyl (C=O) groups is 1. The van der Waals surface area contributed by atoms with Crippen molar-refractivity contribution in [1.29, 1.82) is 0 Å². The number of hydrogen-bond donors (Lipinski definition) is 1. The Labute approximate surface area is 134 Å². The number of carbonyl (C=O) groups excluding carboxylic acids is 1. The molecular weight excluding hydrogens is 298 g/mol. The summed E-state index contributed by atoms with van der Waals surface area (Å²) in [6.07, 6.45) is 1.87. The van der Waals surface area contributed by atoms with Gasteiger partial charge in [0, 0.05) is 13.1 Å². The van der Waals surface area contributed by atoms with Crippen LogP contribution in [0.15, 0.2) is 35.5 Å². The second-order valence-corrected chi connectivity index (χ2v) is 6.59. The van der Waals surface area contributed by atoms with Crippen molar-refractivity contribution >= 4 is 17.7 Å². The number of aromatic nitrogens is 4. The number of amides is 1. The third kappa shape index (κ3) is 4.84. The predicted octanol–water partition coefficient (Wildman–Crippen LogP) is 1.83. The van der Waals surface area contributed by atoms with Gasteiger partial charge in [0.1, 0.15) is 0 Å². The summed E-state index contributed by atoms with van der Waals surface area (Å²) in [5, 5.41) is 14.7. The van der Waals surface area contributed by atoms with Gasteiger partial charge in [-0.05, 0) is 42.7 Å². The second-order valence-electron chi connectivity index (χ2n) is 5.28. The standard InChI is InChI=1S/C15H21N5OS/c1-11(9-10-13-7-5-4-6-8-13)16-14(21)12(2)22-15-17-18-19-20(15)3/h4-8,11-12H,9-10H2,1-3H3,(H,16,21)/t11-,12-/m1/s1. The molecule has 0 spiro atoms. The van der Waals surface area contributed by atoms with Crippen LogP contribution in [0.2, 0.25) is 0 Å². The molecule has 1 heterocycles. The molecule has 6 nitrogen and oxygen atoms in total. The third-order valence-corrected chi connectivity index (χ3v) is 4.45. The lowest BCUT2D eigenvalue weighted by atomic mass is 10.1. The first-order chi connectivity index (χ1) is 10.6. The molecule has 0 aliphatic heterocycles. The number of benzene rings is 1.